The molecule has 0 aromatic carbocycles. The van der Waals surface area contributed by atoms with Crippen molar-refractivity contribution in [2.75, 3.05) is 6.61 Å². The average molecular weight is 413 g/mol. The molecule has 0 bridgehead atoms. The third-order valence-corrected chi connectivity index (χ3v) is 5.14. The molecule has 0 N–H and O–H groups in total. The largest absolute Gasteiger partial charge is 0.463 e. The number of carbonyl (C=O) groups excluding carboxylic acids is 2. The Bertz CT molecular complexity index is 672. The summed E-state index contributed by atoms with van der Waals surface area (Å²) in [6, 6.07) is 0. The predicted octanol–water partition coefficient (Wildman–Crippen LogP) is 7.07. The van der Waals surface area contributed by atoms with Gasteiger partial charge in [-0.15, -0.1) is 0 Å². The van der Waals surface area contributed by atoms with Crippen molar-refractivity contribution in [2.24, 2.45) is 11.8 Å². The van der Waals surface area contributed by atoms with Crippen LogP contribution in [-0.4, -0.2) is 18.4 Å². The van der Waals surface area contributed by atoms with Crippen LogP contribution in [0.25, 0.3) is 0 Å². The quantitative estimate of drug-likeness (QED) is 0.133. The monoisotopic (exact) mass is 412 g/mol. The zero-order valence-corrected chi connectivity index (χ0v) is 19.4. The van der Waals surface area contributed by atoms with E-state index >= 15 is 0 Å². The maximum atomic E-state index is 12.1. The van der Waals surface area contributed by atoms with Crippen molar-refractivity contribution >= 4 is 11.8 Å². The Kier molecular flexibility index (Phi) is 13.5. The first-order chi connectivity index (χ1) is 14.4. The number of hydrogen-bond acceptors (Lipinski definition) is 3. The maximum Gasteiger partial charge on any atom is 0.330 e. The van der Waals surface area contributed by atoms with Crippen molar-refractivity contribution in [2.45, 2.75) is 79.1 Å². The third-order valence-electron chi connectivity index (χ3n) is 5.14. The minimum absolute atomic E-state index is 0.135. The van der Waals surface area contributed by atoms with Gasteiger partial charge in [0.25, 0.3) is 0 Å². The summed E-state index contributed by atoms with van der Waals surface area (Å²) in [7, 11) is 0. The smallest absolute Gasteiger partial charge is 0.330 e. The van der Waals surface area contributed by atoms with Gasteiger partial charge in [0.2, 0.25) is 0 Å². The van der Waals surface area contributed by atoms with Crippen LogP contribution >= 0.6 is 0 Å². The number of ether oxygens (including phenoxy) is 1. The minimum Gasteiger partial charge on any atom is -0.463 e. The van der Waals surface area contributed by atoms with E-state index in [0.717, 1.165) is 43.3 Å². The molecule has 166 valence electrons. The molecule has 2 atom stereocenters. The van der Waals surface area contributed by atoms with E-state index in [2.05, 4.69) is 38.2 Å². The molecule has 0 aromatic rings. The van der Waals surface area contributed by atoms with Gasteiger partial charge in [0, 0.05) is 17.6 Å². The Morgan fingerprint density at radius 2 is 1.97 bits per heavy atom. The number of ketones is 1. The lowest BCUT2D eigenvalue weighted by molar-refractivity contribution is -0.137. The minimum atomic E-state index is -0.257. The lowest BCUT2D eigenvalue weighted by Gasteiger charge is -2.07. The van der Waals surface area contributed by atoms with Gasteiger partial charge in [0.15, 0.2) is 5.78 Å². The molecular weight excluding hydrogens is 372 g/mol. The van der Waals surface area contributed by atoms with Crippen LogP contribution in [0.3, 0.4) is 0 Å². The molecule has 0 amide bonds. The average Bonchev–Trinajstić information content (AvgIpc) is 3.04. The van der Waals surface area contributed by atoms with Crippen LogP contribution in [0.15, 0.2) is 59.8 Å². The summed E-state index contributed by atoms with van der Waals surface area (Å²) in [6.07, 6.45) is 24.3. The van der Waals surface area contributed by atoms with Gasteiger partial charge in [-0.1, -0.05) is 75.1 Å². The normalized spacial score (nSPS) is 18.6. The van der Waals surface area contributed by atoms with Gasteiger partial charge >= 0.3 is 5.97 Å². The summed E-state index contributed by atoms with van der Waals surface area (Å²) in [5.74, 6) is 0.759. The molecule has 0 saturated heterocycles. The highest BCUT2D eigenvalue weighted by molar-refractivity contribution is 6.07. The van der Waals surface area contributed by atoms with Gasteiger partial charge in [-0.25, -0.2) is 4.79 Å². The first-order valence-corrected chi connectivity index (χ1v) is 11.5. The standard InChI is InChI=1S/C27H40O3/c1-5-6-14-23(4)15-11-12-17-25-24(18-19-26(25)28)16-10-8-7-9-13-20-30-27(29)21-22(2)3/h8,10-12,17-19,21,23-24H,5-7,9,13-16,20H2,1-4H3/b10-8-,12-11?,25-17?/t23-,24-/m0/s1. The lowest BCUT2D eigenvalue weighted by Crippen LogP contribution is -2.02. The zero-order chi connectivity index (χ0) is 22.2. The summed E-state index contributed by atoms with van der Waals surface area (Å²) < 4.78 is 5.15. The van der Waals surface area contributed by atoms with Crippen molar-refractivity contribution in [3.63, 3.8) is 0 Å². The third kappa shape index (κ3) is 11.7. The van der Waals surface area contributed by atoms with Crippen LogP contribution < -0.4 is 0 Å². The molecule has 0 spiro atoms. The molecule has 0 fully saturated rings. The molecule has 0 radical (unpaired) electrons. The maximum absolute atomic E-state index is 12.1. The second kappa shape index (κ2) is 15.6. The fraction of sp³-hybridized carbons (Fsp3) is 0.556. The van der Waals surface area contributed by atoms with Crippen LogP contribution in [0.2, 0.25) is 0 Å². The molecule has 0 heterocycles. The Balaban J connectivity index is 2.29. The van der Waals surface area contributed by atoms with Crippen LogP contribution in [0.4, 0.5) is 0 Å². The fourth-order valence-electron chi connectivity index (χ4n) is 3.33. The number of rotatable bonds is 14. The number of esters is 1. The molecule has 1 aliphatic rings. The molecule has 0 unspecified atom stereocenters. The van der Waals surface area contributed by atoms with E-state index in [1.807, 2.05) is 26.0 Å². The highest BCUT2D eigenvalue weighted by Crippen LogP contribution is 2.25. The fourth-order valence-corrected chi connectivity index (χ4v) is 3.33. The molecular formula is C27H40O3. The van der Waals surface area contributed by atoms with Gasteiger partial charge in [-0.3, -0.25) is 4.79 Å². The number of unbranched alkanes of at least 4 members (excludes halogenated alkanes) is 3. The summed E-state index contributed by atoms with van der Waals surface area (Å²) in [5.41, 5.74) is 1.84. The number of allylic oxidation sites excluding steroid dienone is 9. The molecule has 0 aliphatic heterocycles. The van der Waals surface area contributed by atoms with E-state index in [0.29, 0.717) is 12.5 Å². The molecule has 1 aliphatic carbocycles. The molecule has 3 heteroatoms. The zero-order valence-electron chi connectivity index (χ0n) is 19.4. The van der Waals surface area contributed by atoms with Gasteiger partial charge in [0.1, 0.15) is 0 Å². The van der Waals surface area contributed by atoms with Crippen LogP contribution in [0.5, 0.6) is 0 Å². The summed E-state index contributed by atoms with van der Waals surface area (Å²) in [6.45, 7) is 8.74. The number of hydrogen-bond donors (Lipinski definition) is 0. The van der Waals surface area contributed by atoms with Crippen molar-refractivity contribution in [1.82, 2.24) is 0 Å². The first kappa shape index (κ1) is 25.9. The Labute approximate surface area is 183 Å². The molecule has 1 rings (SSSR count). The Morgan fingerprint density at radius 1 is 1.17 bits per heavy atom. The van der Waals surface area contributed by atoms with Gasteiger partial charge in [0.05, 0.1) is 6.61 Å². The van der Waals surface area contributed by atoms with E-state index in [9.17, 15) is 9.59 Å². The summed E-state index contributed by atoms with van der Waals surface area (Å²) in [5, 5.41) is 0. The van der Waals surface area contributed by atoms with Crippen LogP contribution in [0.1, 0.15) is 79.1 Å². The first-order valence-electron chi connectivity index (χ1n) is 11.5. The highest BCUT2D eigenvalue weighted by atomic mass is 16.5. The second-order valence-corrected chi connectivity index (χ2v) is 8.46. The Hall–Kier alpha value is -2.16. The summed E-state index contributed by atoms with van der Waals surface area (Å²) in [4.78, 5) is 23.5. The van der Waals surface area contributed by atoms with E-state index in [1.54, 1.807) is 6.08 Å². The van der Waals surface area contributed by atoms with Crippen molar-refractivity contribution in [3.05, 3.63) is 59.8 Å². The van der Waals surface area contributed by atoms with E-state index in [-0.39, 0.29) is 17.7 Å². The van der Waals surface area contributed by atoms with Crippen molar-refractivity contribution < 1.29 is 14.3 Å². The molecule has 30 heavy (non-hydrogen) atoms. The molecule has 3 nitrogen and oxygen atoms in total. The van der Waals surface area contributed by atoms with E-state index < -0.39 is 0 Å². The van der Waals surface area contributed by atoms with E-state index in [1.165, 1.54) is 25.3 Å². The van der Waals surface area contributed by atoms with E-state index in [4.69, 9.17) is 4.74 Å². The van der Waals surface area contributed by atoms with Gasteiger partial charge < -0.3 is 4.74 Å². The van der Waals surface area contributed by atoms with Gasteiger partial charge in [-0.2, -0.15) is 0 Å². The molecule has 0 aromatic heterocycles. The Morgan fingerprint density at radius 3 is 2.70 bits per heavy atom. The van der Waals surface area contributed by atoms with Gasteiger partial charge in [-0.05, 0) is 57.9 Å². The highest BCUT2D eigenvalue weighted by Gasteiger charge is 2.20. The SMILES string of the molecule is CCCC[C@H](C)CC=CC=C1C(=O)C=C[C@@H]1C/C=C\CCCCOC(=O)C=C(C)C. The van der Waals surface area contributed by atoms with Crippen molar-refractivity contribution in [3.8, 4) is 0 Å². The summed E-state index contributed by atoms with van der Waals surface area (Å²) >= 11 is 0. The topological polar surface area (TPSA) is 43.4 Å². The van der Waals surface area contributed by atoms with Crippen molar-refractivity contribution in [1.29, 1.82) is 0 Å². The van der Waals surface area contributed by atoms with Crippen LogP contribution in [0, 0.1) is 11.8 Å². The number of carbonyl (C=O) groups is 2. The lowest BCUT2D eigenvalue weighted by atomic mass is 9.97. The molecule has 0 saturated carbocycles. The predicted molar refractivity (Wildman–Crippen MR) is 126 cm³/mol. The second-order valence-electron chi connectivity index (χ2n) is 8.46. The van der Waals surface area contributed by atoms with Crippen LogP contribution in [-0.2, 0) is 14.3 Å².